The van der Waals surface area contributed by atoms with E-state index < -0.39 is 0 Å². The lowest BCUT2D eigenvalue weighted by Gasteiger charge is -2.22. The monoisotopic (exact) mass is 275 g/mol. The Labute approximate surface area is 122 Å². The van der Waals surface area contributed by atoms with Crippen LogP contribution in [0.5, 0.6) is 23.0 Å². The summed E-state index contributed by atoms with van der Waals surface area (Å²) in [5, 5.41) is 3.36. The Morgan fingerprint density at radius 1 is 0.667 bits per heavy atom. The smallest absolute Gasteiger partial charge is 0.151 e. The molecule has 0 aliphatic carbocycles. The number of fused-ring (bicyclic) bond motifs is 2. The van der Waals surface area contributed by atoms with Gasteiger partial charge in [0.15, 0.2) is 11.5 Å². The molecule has 0 unspecified atom stereocenters. The van der Waals surface area contributed by atoms with Gasteiger partial charge in [-0.2, -0.15) is 0 Å². The number of para-hydroxylation sites is 3. The Kier molecular flexibility index (Phi) is 2.75. The van der Waals surface area contributed by atoms with E-state index in [1.807, 2.05) is 72.8 Å². The molecule has 21 heavy (non-hydrogen) atoms. The fourth-order valence-corrected chi connectivity index (χ4v) is 2.31. The zero-order valence-corrected chi connectivity index (χ0v) is 11.2. The third-order valence-electron chi connectivity index (χ3n) is 3.31. The van der Waals surface area contributed by atoms with Gasteiger partial charge in [0.1, 0.15) is 11.5 Å². The minimum atomic E-state index is 0.774. The summed E-state index contributed by atoms with van der Waals surface area (Å²) in [5.41, 5.74) is 1.86. The predicted molar refractivity (Wildman–Crippen MR) is 82.8 cm³/mol. The molecule has 0 atom stereocenters. The lowest BCUT2D eigenvalue weighted by molar-refractivity contribution is 0.468. The topological polar surface area (TPSA) is 30.5 Å². The second-order valence-electron chi connectivity index (χ2n) is 4.80. The highest BCUT2D eigenvalue weighted by Crippen LogP contribution is 2.43. The molecule has 3 nitrogen and oxygen atoms in total. The molecular formula is C18H13NO2. The maximum absolute atomic E-state index is 5.86. The summed E-state index contributed by atoms with van der Waals surface area (Å²) in [4.78, 5) is 0. The maximum atomic E-state index is 5.86. The third kappa shape index (κ3) is 2.30. The van der Waals surface area contributed by atoms with Crippen LogP contribution in [-0.2, 0) is 0 Å². The van der Waals surface area contributed by atoms with Crippen LogP contribution in [0.15, 0.2) is 72.8 Å². The third-order valence-corrected chi connectivity index (χ3v) is 3.31. The van der Waals surface area contributed by atoms with Crippen molar-refractivity contribution in [3.8, 4) is 23.0 Å². The fourth-order valence-electron chi connectivity index (χ4n) is 2.31. The zero-order chi connectivity index (χ0) is 14.1. The molecular weight excluding hydrogens is 262 g/mol. The quantitative estimate of drug-likeness (QED) is 0.536. The maximum Gasteiger partial charge on any atom is 0.151 e. The average molecular weight is 275 g/mol. The van der Waals surface area contributed by atoms with Crippen molar-refractivity contribution < 1.29 is 9.47 Å². The van der Waals surface area contributed by atoms with Crippen molar-refractivity contribution in [3.63, 3.8) is 0 Å². The van der Waals surface area contributed by atoms with Crippen LogP contribution in [0.4, 0.5) is 11.4 Å². The summed E-state index contributed by atoms with van der Waals surface area (Å²) >= 11 is 0. The summed E-state index contributed by atoms with van der Waals surface area (Å²) in [6.07, 6.45) is 0. The summed E-state index contributed by atoms with van der Waals surface area (Å²) in [6.45, 7) is 0. The molecule has 1 aliphatic heterocycles. The minimum Gasteiger partial charge on any atom is -0.457 e. The van der Waals surface area contributed by atoms with Crippen LogP contribution in [0.1, 0.15) is 0 Å². The van der Waals surface area contributed by atoms with Gasteiger partial charge in [0.2, 0.25) is 0 Å². The van der Waals surface area contributed by atoms with Crippen LogP contribution in [-0.4, -0.2) is 0 Å². The molecule has 4 rings (SSSR count). The van der Waals surface area contributed by atoms with E-state index in [9.17, 15) is 0 Å². The van der Waals surface area contributed by atoms with Crippen LogP contribution in [0.25, 0.3) is 0 Å². The van der Waals surface area contributed by atoms with Crippen molar-refractivity contribution in [2.24, 2.45) is 0 Å². The normalized spacial score (nSPS) is 11.6. The van der Waals surface area contributed by atoms with Crippen molar-refractivity contribution in [3.05, 3.63) is 72.8 Å². The van der Waals surface area contributed by atoms with Gasteiger partial charge < -0.3 is 14.8 Å². The molecule has 3 aromatic carbocycles. The van der Waals surface area contributed by atoms with E-state index in [-0.39, 0.29) is 0 Å². The summed E-state index contributed by atoms with van der Waals surface area (Å²) in [5.74, 6) is 3.22. The number of anilines is 2. The molecule has 0 amide bonds. The van der Waals surface area contributed by atoms with Gasteiger partial charge in [0.25, 0.3) is 0 Å². The molecule has 0 saturated heterocycles. The van der Waals surface area contributed by atoms with Gasteiger partial charge in [0.05, 0.1) is 11.4 Å². The number of ether oxygens (including phenoxy) is 2. The standard InChI is InChI=1S/C18H13NO2/c1-2-6-13(7-3-1)20-14-10-11-18-16(12-14)19-15-8-4-5-9-17(15)21-18/h1-12,19H. The van der Waals surface area contributed by atoms with Gasteiger partial charge in [-0.05, 0) is 36.4 Å². The summed E-state index contributed by atoms with van der Waals surface area (Å²) in [7, 11) is 0. The Hall–Kier alpha value is -2.94. The second kappa shape index (κ2) is 4.87. The Balaban J connectivity index is 1.64. The van der Waals surface area contributed by atoms with E-state index in [0.717, 1.165) is 34.4 Å². The van der Waals surface area contributed by atoms with E-state index in [4.69, 9.17) is 9.47 Å². The molecule has 102 valence electrons. The van der Waals surface area contributed by atoms with E-state index in [0.29, 0.717) is 0 Å². The van der Waals surface area contributed by atoms with Crippen molar-refractivity contribution in [1.29, 1.82) is 0 Å². The molecule has 0 bridgehead atoms. The van der Waals surface area contributed by atoms with Crippen LogP contribution >= 0.6 is 0 Å². The summed E-state index contributed by atoms with van der Waals surface area (Å²) < 4.78 is 11.7. The molecule has 0 aromatic heterocycles. The lowest BCUT2D eigenvalue weighted by atomic mass is 10.2. The van der Waals surface area contributed by atoms with E-state index >= 15 is 0 Å². The number of rotatable bonds is 2. The molecule has 1 aliphatic rings. The largest absolute Gasteiger partial charge is 0.457 e. The van der Waals surface area contributed by atoms with Gasteiger partial charge in [-0.1, -0.05) is 30.3 Å². The molecule has 0 fully saturated rings. The van der Waals surface area contributed by atoms with Crippen LogP contribution in [0, 0.1) is 0 Å². The number of hydrogen-bond donors (Lipinski definition) is 1. The first-order chi connectivity index (χ1) is 10.4. The number of benzene rings is 3. The molecule has 1 N–H and O–H groups in total. The van der Waals surface area contributed by atoms with E-state index in [1.165, 1.54) is 0 Å². The molecule has 0 radical (unpaired) electrons. The second-order valence-corrected chi connectivity index (χ2v) is 4.80. The predicted octanol–water partition coefficient (Wildman–Crippen LogP) is 5.33. The van der Waals surface area contributed by atoms with Gasteiger partial charge in [-0.15, -0.1) is 0 Å². The van der Waals surface area contributed by atoms with Gasteiger partial charge in [-0.3, -0.25) is 0 Å². The van der Waals surface area contributed by atoms with E-state index in [1.54, 1.807) is 0 Å². The zero-order valence-electron chi connectivity index (χ0n) is 11.2. The first kappa shape index (κ1) is 11.9. The van der Waals surface area contributed by atoms with Gasteiger partial charge in [0, 0.05) is 6.07 Å². The Bertz CT molecular complexity index is 784. The summed E-state index contributed by atoms with van der Waals surface area (Å²) in [6, 6.07) is 23.3. The van der Waals surface area contributed by atoms with Crippen LogP contribution < -0.4 is 14.8 Å². The fraction of sp³-hybridized carbons (Fsp3) is 0. The average Bonchev–Trinajstić information content (AvgIpc) is 2.54. The van der Waals surface area contributed by atoms with E-state index in [2.05, 4.69) is 5.32 Å². The lowest BCUT2D eigenvalue weighted by Crippen LogP contribution is -2.02. The SMILES string of the molecule is c1ccc(Oc2ccc3c(c2)Nc2ccccc2O3)cc1. The molecule has 3 aromatic rings. The first-order valence-corrected chi connectivity index (χ1v) is 6.79. The molecule has 3 heteroatoms. The Morgan fingerprint density at radius 3 is 2.33 bits per heavy atom. The minimum absolute atomic E-state index is 0.774. The van der Waals surface area contributed by atoms with Gasteiger partial charge >= 0.3 is 0 Å². The highest BCUT2D eigenvalue weighted by atomic mass is 16.5. The first-order valence-electron chi connectivity index (χ1n) is 6.79. The Morgan fingerprint density at radius 2 is 1.43 bits per heavy atom. The van der Waals surface area contributed by atoms with Crippen LogP contribution in [0.2, 0.25) is 0 Å². The van der Waals surface area contributed by atoms with Crippen molar-refractivity contribution >= 4 is 11.4 Å². The van der Waals surface area contributed by atoms with Gasteiger partial charge in [-0.25, -0.2) is 0 Å². The van der Waals surface area contributed by atoms with Crippen molar-refractivity contribution in [1.82, 2.24) is 0 Å². The number of hydrogen-bond acceptors (Lipinski definition) is 3. The molecule has 1 heterocycles. The highest BCUT2D eigenvalue weighted by Gasteiger charge is 2.16. The van der Waals surface area contributed by atoms with Crippen molar-refractivity contribution in [2.75, 3.05) is 5.32 Å². The van der Waals surface area contributed by atoms with Crippen molar-refractivity contribution in [2.45, 2.75) is 0 Å². The van der Waals surface area contributed by atoms with Crippen LogP contribution in [0.3, 0.4) is 0 Å². The number of nitrogens with one attached hydrogen (secondary N) is 1. The molecule has 0 saturated carbocycles. The highest BCUT2D eigenvalue weighted by molar-refractivity contribution is 5.76. The molecule has 0 spiro atoms.